The fraction of sp³-hybridized carbons (Fsp3) is 0.839. The molecule has 0 aromatic carbocycles. The third-order valence-electron chi connectivity index (χ3n) is 9.73. The highest BCUT2D eigenvalue weighted by Crippen LogP contribution is 2.35. The zero-order valence-corrected chi connectivity index (χ0v) is 27.1. The van der Waals surface area contributed by atoms with E-state index in [0.29, 0.717) is 19.4 Å². The molecule has 6 N–H and O–H groups in total. The summed E-state index contributed by atoms with van der Waals surface area (Å²) in [6, 6.07) is -3.55. The Morgan fingerprint density at radius 2 is 1.61 bits per heavy atom. The molecule has 13 nitrogen and oxygen atoms in total. The number of nitrogens with one attached hydrogen (secondary N) is 3. The summed E-state index contributed by atoms with van der Waals surface area (Å²) < 4.78 is 9.69. The van der Waals surface area contributed by atoms with Gasteiger partial charge in [-0.05, 0) is 54.8 Å². The number of ether oxygens (including phenoxy) is 2. The van der Waals surface area contributed by atoms with Crippen molar-refractivity contribution in [2.75, 3.05) is 20.3 Å². The Kier molecular flexibility index (Phi) is 12.4. The van der Waals surface area contributed by atoms with Crippen molar-refractivity contribution in [3.63, 3.8) is 0 Å². The van der Waals surface area contributed by atoms with E-state index < -0.39 is 65.6 Å². The number of likely N-dealkylation sites (tertiary alicyclic amines) is 1. The maximum absolute atomic E-state index is 13.7. The van der Waals surface area contributed by atoms with Crippen molar-refractivity contribution in [1.29, 1.82) is 0 Å². The SMILES string of the molecule is COC(=O)OC[C@@H](NC(=O)NC(C(O)N1CC(C(C)C)C[C@H]1C(=O)NC(CC1CCC1)C(=O)C(N)=O)C(C)(C)C)C1CCC1. The number of ketones is 1. The molecule has 3 aliphatic rings. The molecule has 44 heavy (non-hydrogen) atoms. The van der Waals surface area contributed by atoms with Crippen LogP contribution in [0.2, 0.25) is 0 Å². The Morgan fingerprint density at radius 3 is 2.09 bits per heavy atom. The first-order valence-electron chi connectivity index (χ1n) is 16.0. The maximum atomic E-state index is 13.7. The molecular formula is C31H53N5O8. The molecule has 1 saturated heterocycles. The second-order valence-corrected chi connectivity index (χ2v) is 14.2. The van der Waals surface area contributed by atoms with Crippen LogP contribution in [-0.2, 0) is 23.9 Å². The summed E-state index contributed by atoms with van der Waals surface area (Å²) in [6.07, 6.45) is 4.43. The Bertz CT molecular complexity index is 1040. The minimum atomic E-state index is -1.24. The van der Waals surface area contributed by atoms with Crippen LogP contribution in [0.4, 0.5) is 9.59 Å². The molecule has 6 atom stereocenters. The Hall–Kier alpha value is -2.93. The van der Waals surface area contributed by atoms with Crippen LogP contribution in [-0.4, -0.2) is 90.4 Å². The van der Waals surface area contributed by atoms with Gasteiger partial charge in [-0.25, -0.2) is 9.59 Å². The molecule has 13 heteroatoms. The van der Waals surface area contributed by atoms with Gasteiger partial charge in [-0.15, -0.1) is 0 Å². The summed E-state index contributed by atoms with van der Waals surface area (Å²) in [5.74, 6) is -1.68. The number of methoxy groups -OCH3 is 1. The lowest BCUT2D eigenvalue weighted by atomic mass is 9.80. The Balaban J connectivity index is 1.77. The van der Waals surface area contributed by atoms with Crippen molar-refractivity contribution in [3.05, 3.63) is 0 Å². The minimum absolute atomic E-state index is 0.0377. The van der Waals surface area contributed by atoms with Crippen LogP contribution >= 0.6 is 0 Å². The molecule has 0 spiro atoms. The normalized spacial score (nSPS) is 23.8. The number of aliphatic hydroxyl groups is 1. The van der Waals surface area contributed by atoms with Crippen molar-refractivity contribution >= 4 is 29.8 Å². The number of urea groups is 1. The molecule has 0 aromatic rings. The van der Waals surface area contributed by atoms with E-state index in [4.69, 9.17) is 10.5 Å². The van der Waals surface area contributed by atoms with Gasteiger partial charge in [0.2, 0.25) is 11.7 Å². The van der Waals surface area contributed by atoms with Gasteiger partial charge in [-0.2, -0.15) is 0 Å². The van der Waals surface area contributed by atoms with Gasteiger partial charge in [0.15, 0.2) is 0 Å². The number of hydrogen-bond donors (Lipinski definition) is 5. The van der Waals surface area contributed by atoms with Gasteiger partial charge in [0.25, 0.3) is 5.91 Å². The first kappa shape index (κ1) is 35.5. The van der Waals surface area contributed by atoms with E-state index >= 15 is 0 Å². The van der Waals surface area contributed by atoms with Gasteiger partial charge in [-0.3, -0.25) is 19.3 Å². The standard InChI is InChI=1S/C31H53N5O8/c1-17(2)20-14-23(27(39)33-21(24(37)26(32)38)13-18-9-7-10-18)36(15-20)28(40)25(31(3,4)5)35-29(41)34-22(19-11-8-12-19)16-44-30(42)43-6/h17-23,25,28,40H,7-16H2,1-6H3,(H2,32,38)(H,33,39)(H2,34,35,41)/t20?,21?,22-,23+,25?,28?/m1/s1. The lowest BCUT2D eigenvalue weighted by molar-refractivity contribution is -0.140. The van der Waals surface area contributed by atoms with Crippen molar-refractivity contribution < 1.29 is 38.6 Å². The van der Waals surface area contributed by atoms with Crippen molar-refractivity contribution in [2.24, 2.45) is 34.8 Å². The van der Waals surface area contributed by atoms with E-state index in [1.165, 1.54) is 7.11 Å². The van der Waals surface area contributed by atoms with E-state index in [-0.39, 0.29) is 30.3 Å². The number of nitrogens with zero attached hydrogens (tertiary/aromatic N) is 1. The molecule has 1 heterocycles. The molecular weight excluding hydrogens is 570 g/mol. The number of carbonyl (C=O) groups is 5. The average molecular weight is 624 g/mol. The number of aliphatic hydroxyl groups excluding tert-OH is 1. The largest absolute Gasteiger partial charge is 0.508 e. The van der Waals surface area contributed by atoms with Gasteiger partial charge in [-0.1, -0.05) is 60.3 Å². The molecule has 0 radical (unpaired) electrons. The molecule has 3 rings (SSSR count). The zero-order chi connectivity index (χ0) is 32.8. The molecule has 2 saturated carbocycles. The summed E-state index contributed by atoms with van der Waals surface area (Å²) in [5, 5.41) is 20.4. The highest BCUT2D eigenvalue weighted by atomic mass is 16.7. The molecule has 4 amide bonds. The third kappa shape index (κ3) is 9.29. The van der Waals surface area contributed by atoms with Crippen LogP contribution in [0.25, 0.3) is 0 Å². The minimum Gasteiger partial charge on any atom is -0.438 e. The fourth-order valence-electron chi connectivity index (χ4n) is 6.30. The predicted octanol–water partition coefficient (Wildman–Crippen LogP) is 2.05. The second kappa shape index (κ2) is 15.4. The van der Waals surface area contributed by atoms with Crippen LogP contribution < -0.4 is 21.7 Å². The summed E-state index contributed by atoms with van der Waals surface area (Å²) in [7, 11) is 1.22. The molecule has 250 valence electrons. The summed E-state index contributed by atoms with van der Waals surface area (Å²) in [5.41, 5.74) is 4.68. The molecule has 4 unspecified atom stereocenters. The third-order valence-corrected chi connectivity index (χ3v) is 9.73. The number of rotatable bonds is 14. The number of amides is 4. The van der Waals surface area contributed by atoms with E-state index in [0.717, 1.165) is 38.5 Å². The monoisotopic (exact) mass is 623 g/mol. The average Bonchev–Trinajstić information content (AvgIpc) is 3.35. The summed E-state index contributed by atoms with van der Waals surface area (Å²) >= 11 is 0. The molecule has 2 aliphatic carbocycles. The van der Waals surface area contributed by atoms with E-state index in [1.54, 1.807) is 4.90 Å². The van der Waals surface area contributed by atoms with Gasteiger partial charge >= 0.3 is 12.2 Å². The van der Waals surface area contributed by atoms with Crippen LogP contribution in [0.1, 0.15) is 86.0 Å². The number of Topliss-reactive ketones (excluding diaryl/α,β-unsaturated/α-hetero) is 1. The van der Waals surface area contributed by atoms with Gasteiger partial charge in [0.1, 0.15) is 12.8 Å². The Morgan fingerprint density at radius 1 is 0.977 bits per heavy atom. The number of hydrogen-bond acceptors (Lipinski definition) is 9. The quantitative estimate of drug-likeness (QED) is 0.142. The van der Waals surface area contributed by atoms with Crippen LogP contribution in [0.3, 0.4) is 0 Å². The van der Waals surface area contributed by atoms with E-state index in [1.807, 2.05) is 20.8 Å². The van der Waals surface area contributed by atoms with Crippen LogP contribution in [0.5, 0.6) is 0 Å². The Labute approximate surface area is 260 Å². The lowest BCUT2D eigenvalue weighted by Gasteiger charge is -2.41. The molecule has 0 bridgehead atoms. The lowest BCUT2D eigenvalue weighted by Crippen LogP contribution is -2.63. The zero-order valence-electron chi connectivity index (χ0n) is 27.1. The van der Waals surface area contributed by atoms with Crippen molar-refractivity contribution in [3.8, 4) is 0 Å². The maximum Gasteiger partial charge on any atom is 0.508 e. The predicted molar refractivity (Wildman–Crippen MR) is 162 cm³/mol. The van der Waals surface area contributed by atoms with Gasteiger partial charge in [0.05, 0.1) is 31.3 Å². The van der Waals surface area contributed by atoms with E-state index in [2.05, 4.69) is 34.5 Å². The first-order valence-corrected chi connectivity index (χ1v) is 16.0. The molecule has 3 fully saturated rings. The molecule has 1 aliphatic heterocycles. The summed E-state index contributed by atoms with van der Waals surface area (Å²) in [6.45, 7) is 10.1. The second-order valence-electron chi connectivity index (χ2n) is 14.2. The van der Waals surface area contributed by atoms with Crippen molar-refractivity contribution in [2.45, 2.75) is 116 Å². The summed E-state index contributed by atoms with van der Waals surface area (Å²) in [4.78, 5) is 64.7. The first-order chi connectivity index (χ1) is 20.6. The number of nitrogens with two attached hydrogens (primary N) is 1. The topological polar surface area (TPSA) is 189 Å². The molecule has 0 aromatic heterocycles. The number of carbonyl (C=O) groups excluding carboxylic acids is 5. The van der Waals surface area contributed by atoms with Gasteiger partial charge in [0, 0.05) is 6.54 Å². The van der Waals surface area contributed by atoms with Crippen molar-refractivity contribution in [1.82, 2.24) is 20.9 Å². The van der Waals surface area contributed by atoms with E-state index in [9.17, 15) is 29.1 Å². The van der Waals surface area contributed by atoms with Gasteiger partial charge < -0.3 is 36.3 Å². The van der Waals surface area contributed by atoms with Crippen LogP contribution in [0.15, 0.2) is 0 Å². The highest BCUT2D eigenvalue weighted by Gasteiger charge is 2.47. The fourth-order valence-corrected chi connectivity index (χ4v) is 6.30. The smallest absolute Gasteiger partial charge is 0.438 e. The highest BCUT2D eigenvalue weighted by molar-refractivity contribution is 6.37. The van der Waals surface area contributed by atoms with Crippen LogP contribution in [0, 0.1) is 29.1 Å². The number of primary amides is 1.